The number of amides is 2. The number of nitrogens with one attached hydrogen (secondary N) is 1. The van der Waals surface area contributed by atoms with Crippen LogP contribution >= 0.6 is 11.3 Å². The van der Waals surface area contributed by atoms with Gasteiger partial charge >= 0.3 is 12.1 Å². The molecule has 1 aromatic rings. The zero-order valence-corrected chi connectivity index (χ0v) is 16.2. The summed E-state index contributed by atoms with van der Waals surface area (Å²) in [6.45, 7) is 10.3. The maximum Gasteiger partial charge on any atom is 0.408 e. The molecule has 0 aliphatic heterocycles. The van der Waals surface area contributed by atoms with E-state index in [4.69, 9.17) is 15.2 Å². The van der Waals surface area contributed by atoms with E-state index in [-0.39, 0.29) is 12.1 Å². The number of thiazole rings is 1. The lowest BCUT2D eigenvalue weighted by Gasteiger charge is -2.25. The summed E-state index contributed by atoms with van der Waals surface area (Å²) < 4.78 is 10.5. The highest BCUT2D eigenvalue weighted by Gasteiger charge is 2.29. The van der Waals surface area contributed by atoms with Gasteiger partial charge in [0.2, 0.25) is 0 Å². The van der Waals surface area contributed by atoms with E-state index in [1.54, 1.807) is 41.5 Å². The number of ether oxygens (including phenoxy) is 2. The first kappa shape index (κ1) is 20.9. The van der Waals surface area contributed by atoms with Gasteiger partial charge in [0.1, 0.15) is 22.9 Å². The number of nitrogens with two attached hydrogens (primary N) is 1. The van der Waals surface area contributed by atoms with Crippen molar-refractivity contribution in [2.24, 2.45) is 5.73 Å². The minimum Gasteiger partial charge on any atom is -0.458 e. The summed E-state index contributed by atoms with van der Waals surface area (Å²) in [7, 11) is 0. The molecule has 140 valence electrons. The molecule has 3 N–H and O–H groups in total. The number of alkyl carbamates (subject to hydrolysis) is 1. The number of carbonyl (C=O) groups is 3. The highest BCUT2D eigenvalue weighted by molar-refractivity contribution is 7.09. The van der Waals surface area contributed by atoms with Crippen LogP contribution in [0.4, 0.5) is 4.79 Å². The van der Waals surface area contributed by atoms with E-state index >= 15 is 0 Å². The SMILES string of the molecule is CC(C)(C)OC(=O)NC(Cc1nc(C(N)=O)cs1)C(=O)OC(C)(C)C. The number of nitrogens with zero attached hydrogens (tertiary/aromatic N) is 1. The van der Waals surface area contributed by atoms with E-state index in [0.29, 0.717) is 5.01 Å². The van der Waals surface area contributed by atoms with Crippen molar-refractivity contribution in [2.45, 2.75) is 65.2 Å². The van der Waals surface area contributed by atoms with Crippen LogP contribution in [0.5, 0.6) is 0 Å². The van der Waals surface area contributed by atoms with Gasteiger partial charge in [-0.15, -0.1) is 11.3 Å². The minimum absolute atomic E-state index is 0.0616. The number of esters is 1. The topological polar surface area (TPSA) is 121 Å². The Morgan fingerprint density at radius 2 is 1.72 bits per heavy atom. The number of hydrogen-bond acceptors (Lipinski definition) is 7. The summed E-state index contributed by atoms with van der Waals surface area (Å²) in [6.07, 6.45) is -0.679. The molecule has 0 aliphatic rings. The highest BCUT2D eigenvalue weighted by atomic mass is 32.1. The van der Waals surface area contributed by atoms with Crippen LogP contribution in [0.15, 0.2) is 5.38 Å². The van der Waals surface area contributed by atoms with E-state index < -0.39 is 35.2 Å². The highest BCUT2D eigenvalue weighted by Crippen LogP contribution is 2.16. The number of aromatic nitrogens is 1. The lowest BCUT2D eigenvalue weighted by Crippen LogP contribution is -2.47. The van der Waals surface area contributed by atoms with Crippen LogP contribution in [0.25, 0.3) is 0 Å². The summed E-state index contributed by atoms with van der Waals surface area (Å²) in [5.41, 5.74) is 3.86. The Kier molecular flexibility index (Phi) is 6.53. The molecule has 0 bridgehead atoms. The first-order chi connectivity index (χ1) is 11.3. The molecule has 1 unspecified atom stereocenters. The Hall–Kier alpha value is -2.16. The maximum atomic E-state index is 12.4. The van der Waals surface area contributed by atoms with Crippen molar-refractivity contribution >= 4 is 29.3 Å². The molecular weight excluding hydrogens is 346 g/mol. The van der Waals surface area contributed by atoms with E-state index in [9.17, 15) is 14.4 Å². The Bertz CT molecular complexity index is 643. The van der Waals surface area contributed by atoms with Gasteiger partial charge in [-0.25, -0.2) is 14.6 Å². The summed E-state index contributed by atoms with van der Waals surface area (Å²) >= 11 is 1.17. The molecule has 0 aliphatic carbocycles. The second-order valence-corrected chi connectivity index (χ2v) is 8.37. The molecule has 9 heteroatoms. The van der Waals surface area contributed by atoms with E-state index in [0.717, 1.165) is 0 Å². The fourth-order valence-electron chi connectivity index (χ4n) is 1.71. The van der Waals surface area contributed by atoms with E-state index in [2.05, 4.69) is 10.3 Å². The van der Waals surface area contributed by atoms with Crippen LogP contribution in [0.3, 0.4) is 0 Å². The number of carbonyl (C=O) groups excluding carboxylic acids is 3. The Labute approximate surface area is 151 Å². The van der Waals surface area contributed by atoms with Crippen molar-refractivity contribution < 1.29 is 23.9 Å². The second kappa shape index (κ2) is 7.81. The average molecular weight is 371 g/mol. The molecule has 1 aromatic heterocycles. The fourth-order valence-corrected chi connectivity index (χ4v) is 2.54. The Morgan fingerprint density at radius 1 is 1.16 bits per heavy atom. The molecule has 25 heavy (non-hydrogen) atoms. The molecule has 1 heterocycles. The van der Waals surface area contributed by atoms with Crippen molar-refractivity contribution in [1.82, 2.24) is 10.3 Å². The average Bonchev–Trinajstić information content (AvgIpc) is 2.82. The van der Waals surface area contributed by atoms with Crippen LogP contribution in [0.1, 0.15) is 57.0 Å². The largest absolute Gasteiger partial charge is 0.458 e. The molecule has 0 fully saturated rings. The van der Waals surface area contributed by atoms with Crippen molar-refractivity contribution in [1.29, 1.82) is 0 Å². The fraction of sp³-hybridized carbons (Fsp3) is 0.625. The molecular formula is C16H25N3O5S. The Morgan fingerprint density at radius 3 is 2.16 bits per heavy atom. The number of hydrogen-bond donors (Lipinski definition) is 2. The van der Waals surface area contributed by atoms with Gasteiger partial charge in [-0.2, -0.15) is 0 Å². The van der Waals surface area contributed by atoms with Crippen molar-refractivity contribution in [3.63, 3.8) is 0 Å². The quantitative estimate of drug-likeness (QED) is 0.764. The van der Waals surface area contributed by atoms with Crippen molar-refractivity contribution in [3.8, 4) is 0 Å². The molecule has 0 radical (unpaired) electrons. The predicted molar refractivity (Wildman–Crippen MR) is 93.3 cm³/mol. The van der Waals surface area contributed by atoms with Crippen molar-refractivity contribution in [2.75, 3.05) is 0 Å². The van der Waals surface area contributed by atoms with E-state index in [1.807, 2.05) is 0 Å². The van der Waals surface area contributed by atoms with Gasteiger partial charge in [-0.3, -0.25) is 4.79 Å². The summed E-state index contributed by atoms with van der Waals surface area (Å²) in [6, 6.07) is -0.999. The molecule has 0 aromatic carbocycles. The lowest BCUT2D eigenvalue weighted by molar-refractivity contribution is -0.157. The molecule has 2 amide bonds. The summed E-state index contributed by atoms with van der Waals surface area (Å²) in [4.78, 5) is 39.6. The zero-order chi connectivity index (χ0) is 19.4. The van der Waals surface area contributed by atoms with Crippen LogP contribution in [-0.4, -0.2) is 40.2 Å². The first-order valence-corrected chi connectivity index (χ1v) is 8.61. The number of rotatable bonds is 5. The zero-order valence-electron chi connectivity index (χ0n) is 15.3. The normalized spacial score (nSPS) is 13.0. The van der Waals surface area contributed by atoms with Crippen LogP contribution < -0.4 is 11.1 Å². The third-order valence-electron chi connectivity index (χ3n) is 2.57. The molecule has 0 saturated heterocycles. The van der Waals surface area contributed by atoms with Gasteiger partial charge in [0.05, 0.1) is 5.01 Å². The molecule has 0 saturated carbocycles. The molecule has 1 atom stereocenters. The monoisotopic (exact) mass is 371 g/mol. The molecule has 0 spiro atoms. The van der Waals surface area contributed by atoms with Gasteiger partial charge in [-0.05, 0) is 41.5 Å². The van der Waals surface area contributed by atoms with Gasteiger partial charge in [-0.1, -0.05) is 0 Å². The van der Waals surface area contributed by atoms with Crippen molar-refractivity contribution in [3.05, 3.63) is 16.1 Å². The van der Waals surface area contributed by atoms with Crippen LogP contribution in [-0.2, 0) is 20.7 Å². The molecule has 8 nitrogen and oxygen atoms in total. The third-order valence-corrected chi connectivity index (χ3v) is 3.44. The van der Waals surface area contributed by atoms with Gasteiger partial charge < -0.3 is 20.5 Å². The summed E-state index contributed by atoms with van der Waals surface area (Å²) in [5, 5.41) is 4.47. The third kappa shape index (κ3) is 7.97. The van der Waals surface area contributed by atoms with Gasteiger partial charge in [0.15, 0.2) is 0 Å². The van der Waals surface area contributed by atoms with Crippen LogP contribution in [0, 0.1) is 0 Å². The lowest BCUT2D eigenvalue weighted by atomic mass is 10.1. The number of primary amides is 1. The minimum atomic E-state index is -0.999. The van der Waals surface area contributed by atoms with Gasteiger partial charge in [0.25, 0.3) is 5.91 Å². The summed E-state index contributed by atoms with van der Waals surface area (Å²) in [5.74, 6) is -1.27. The Balaban J connectivity index is 2.91. The first-order valence-electron chi connectivity index (χ1n) is 7.73. The van der Waals surface area contributed by atoms with Crippen LogP contribution in [0.2, 0.25) is 0 Å². The maximum absolute atomic E-state index is 12.4. The van der Waals surface area contributed by atoms with E-state index in [1.165, 1.54) is 16.7 Å². The second-order valence-electron chi connectivity index (χ2n) is 7.43. The standard InChI is InChI=1S/C16H25N3O5S/c1-15(2,3)23-13(21)9(19-14(22)24-16(4,5)6)7-11-18-10(8-25-11)12(17)20/h8-9H,7H2,1-6H3,(H2,17,20)(H,19,22). The smallest absolute Gasteiger partial charge is 0.408 e. The predicted octanol–water partition coefficient (Wildman–Crippen LogP) is 2.02. The van der Waals surface area contributed by atoms with Gasteiger partial charge in [0, 0.05) is 11.8 Å². The molecule has 1 rings (SSSR count).